The van der Waals surface area contributed by atoms with E-state index >= 15 is 0 Å². The van der Waals surface area contributed by atoms with Crippen LogP contribution >= 0.6 is 0 Å². The molecule has 3 heteroatoms. The van der Waals surface area contributed by atoms with Crippen molar-refractivity contribution in [2.75, 3.05) is 39.8 Å². The van der Waals surface area contributed by atoms with E-state index < -0.39 is 0 Å². The highest BCUT2D eigenvalue weighted by Crippen LogP contribution is 2.24. The molecule has 2 aliphatic rings. The molecule has 0 aromatic heterocycles. The Labute approximate surface area is 87.2 Å². The van der Waals surface area contributed by atoms with E-state index in [4.69, 9.17) is 5.73 Å². The standard InChI is InChI=1S/C11H23N3/c1-13-5-7-14(8-6-13)9-10-3-2-4-11(10)12/h10-11H,2-9,12H2,1H3. The van der Waals surface area contributed by atoms with E-state index in [9.17, 15) is 0 Å². The lowest BCUT2D eigenvalue weighted by Gasteiger charge is -2.34. The zero-order valence-electron chi connectivity index (χ0n) is 9.28. The minimum absolute atomic E-state index is 0.481. The third kappa shape index (κ3) is 2.47. The summed E-state index contributed by atoms with van der Waals surface area (Å²) in [6.45, 7) is 6.17. The molecule has 14 heavy (non-hydrogen) atoms. The zero-order valence-corrected chi connectivity index (χ0v) is 9.28. The normalized spacial score (nSPS) is 36.4. The number of hydrogen-bond donors (Lipinski definition) is 1. The summed E-state index contributed by atoms with van der Waals surface area (Å²) in [5, 5.41) is 0. The van der Waals surface area contributed by atoms with E-state index in [0.29, 0.717) is 6.04 Å². The van der Waals surface area contributed by atoms with Gasteiger partial charge in [-0.2, -0.15) is 0 Å². The molecule has 3 nitrogen and oxygen atoms in total. The highest BCUT2D eigenvalue weighted by molar-refractivity contribution is 4.83. The molecule has 2 N–H and O–H groups in total. The molecular weight excluding hydrogens is 174 g/mol. The lowest BCUT2D eigenvalue weighted by molar-refractivity contribution is 0.133. The Morgan fingerprint density at radius 3 is 2.43 bits per heavy atom. The van der Waals surface area contributed by atoms with Gasteiger partial charge in [0.2, 0.25) is 0 Å². The van der Waals surface area contributed by atoms with Crippen LogP contribution in [0.2, 0.25) is 0 Å². The highest BCUT2D eigenvalue weighted by atomic mass is 15.2. The van der Waals surface area contributed by atoms with E-state index in [2.05, 4.69) is 16.8 Å². The average molecular weight is 197 g/mol. The zero-order chi connectivity index (χ0) is 9.97. The van der Waals surface area contributed by atoms with Gasteiger partial charge in [-0.15, -0.1) is 0 Å². The Morgan fingerprint density at radius 1 is 1.14 bits per heavy atom. The summed E-state index contributed by atoms with van der Waals surface area (Å²) in [4.78, 5) is 5.00. The first kappa shape index (κ1) is 10.4. The summed E-state index contributed by atoms with van der Waals surface area (Å²) >= 11 is 0. The first-order valence-electron chi connectivity index (χ1n) is 5.92. The van der Waals surface area contributed by atoms with Crippen molar-refractivity contribution in [2.45, 2.75) is 25.3 Å². The van der Waals surface area contributed by atoms with Crippen LogP contribution in [0.4, 0.5) is 0 Å². The molecule has 2 atom stereocenters. The van der Waals surface area contributed by atoms with Gasteiger partial charge >= 0.3 is 0 Å². The van der Waals surface area contributed by atoms with Crippen LogP contribution in [0.25, 0.3) is 0 Å². The summed E-state index contributed by atoms with van der Waals surface area (Å²) in [6.07, 6.45) is 3.95. The van der Waals surface area contributed by atoms with Crippen LogP contribution in [-0.2, 0) is 0 Å². The summed E-state index contributed by atoms with van der Waals surface area (Å²) in [5.74, 6) is 0.776. The maximum Gasteiger partial charge on any atom is 0.0110 e. The fourth-order valence-electron chi connectivity index (χ4n) is 2.65. The molecule has 2 fully saturated rings. The number of likely N-dealkylation sites (N-methyl/N-ethyl adjacent to an activating group) is 1. The summed E-state index contributed by atoms with van der Waals surface area (Å²) in [5.41, 5.74) is 6.09. The van der Waals surface area contributed by atoms with Crippen molar-refractivity contribution in [2.24, 2.45) is 11.7 Å². The van der Waals surface area contributed by atoms with Crippen molar-refractivity contribution in [3.63, 3.8) is 0 Å². The van der Waals surface area contributed by atoms with Gasteiger partial charge in [-0.3, -0.25) is 0 Å². The fourth-order valence-corrected chi connectivity index (χ4v) is 2.65. The van der Waals surface area contributed by atoms with Crippen molar-refractivity contribution >= 4 is 0 Å². The molecule has 1 saturated carbocycles. The van der Waals surface area contributed by atoms with E-state index in [1.54, 1.807) is 0 Å². The van der Waals surface area contributed by atoms with Crippen LogP contribution in [0.3, 0.4) is 0 Å². The van der Waals surface area contributed by atoms with Gasteiger partial charge in [-0.1, -0.05) is 6.42 Å². The molecule has 0 radical (unpaired) electrons. The van der Waals surface area contributed by atoms with E-state index in [0.717, 1.165) is 5.92 Å². The molecule has 0 aromatic carbocycles. The van der Waals surface area contributed by atoms with E-state index in [1.165, 1.54) is 52.0 Å². The van der Waals surface area contributed by atoms with Gasteiger partial charge in [-0.25, -0.2) is 0 Å². The van der Waals surface area contributed by atoms with Crippen LogP contribution in [0.5, 0.6) is 0 Å². The van der Waals surface area contributed by atoms with Crippen molar-refractivity contribution in [1.82, 2.24) is 9.80 Å². The lowest BCUT2D eigenvalue weighted by Crippen LogP contribution is -2.47. The van der Waals surface area contributed by atoms with Gasteiger partial charge in [0.25, 0.3) is 0 Å². The number of nitrogens with zero attached hydrogens (tertiary/aromatic N) is 2. The van der Waals surface area contributed by atoms with Gasteiger partial charge < -0.3 is 15.5 Å². The van der Waals surface area contributed by atoms with Crippen LogP contribution in [0.1, 0.15) is 19.3 Å². The van der Waals surface area contributed by atoms with E-state index in [1.807, 2.05) is 0 Å². The molecule has 0 bridgehead atoms. The molecule has 1 saturated heterocycles. The summed E-state index contributed by atoms with van der Waals surface area (Å²) < 4.78 is 0. The molecule has 2 unspecified atom stereocenters. The molecule has 1 aliphatic carbocycles. The fraction of sp³-hybridized carbons (Fsp3) is 1.00. The van der Waals surface area contributed by atoms with Crippen LogP contribution < -0.4 is 5.73 Å². The first-order chi connectivity index (χ1) is 6.75. The van der Waals surface area contributed by atoms with Crippen molar-refractivity contribution in [3.8, 4) is 0 Å². The maximum absolute atomic E-state index is 6.09. The third-order valence-electron chi connectivity index (χ3n) is 3.81. The third-order valence-corrected chi connectivity index (χ3v) is 3.81. The number of piperazine rings is 1. The van der Waals surface area contributed by atoms with Crippen LogP contribution in [0, 0.1) is 5.92 Å². The minimum Gasteiger partial charge on any atom is -0.327 e. The van der Waals surface area contributed by atoms with Crippen LogP contribution in [0.15, 0.2) is 0 Å². The molecule has 0 spiro atoms. The quantitative estimate of drug-likeness (QED) is 0.694. The smallest absolute Gasteiger partial charge is 0.0110 e. The number of nitrogens with two attached hydrogens (primary N) is 1. The molecule has 2 rings (SSSR count). The summed E-state index contributed by atoms with van der Waals surface area (Å²) in [6, 6.07) is 0.481. The second kappa shape index (κ2) is 4.60. The Morgan fingerprint density at radius 2 is 1.86 bits per heavy atom. The van der Waals surface area contributed by atoms with Gasteiger partial charge in [0.05, 0.1) is 0 Å². The molecule has 1 heterocycles. The molecular formula is C11H23N3. The second-order valence-corrected chi connectivity index (χ2v) is 4.96. The van der Waals surface area contributed by atoms with Gasteiger partial charge in [0.1, 0.15) is 0 Å². The van der Waals surface area contributed by atoms with Gasteiger partial charge in [-0.05, 0) is 25.8 Å². The van der Waals surface area contributed by atoms with Crippen molar-refractivity contribution < 1.29 is 0 Å². The Hall–Kier alpha value is -0.120. The molecule has 1 aliphatic heterocycles. The predicted octanol–water partition coefficient (Wildman–Crippen LogP) is 0.361. The SMILES string of the molecule is CN1CCN(CC2CCCC2N)CC1. The highest BCUT2D eigenvalue weighted by Gasteiger charge is 2.26. The number of rotatable bonds is 2. The Kier molecular flexibility index (Phi) is 3.42. The Bertz CT molecular complexity index is 175. The topological polar surface area (TPSA) is 32.5 Å². The van der Waals surface area contributed by atoms with Gasteiger partial charge in [0, 0.05) is 38.8 Å². The Balaban J connectivity index is 1.74. The second-order valence-electron chi connectivity index (χ2n) is 4.96. The largest absolute Gasteiger partial charge is 0.327 e. The van der Waals surface area contributed by atoms with E-state index in [-0.39, 0.29) is 0 Å². The van der Waals surface area contributed by atoms with Crippen molar-refractivity contribution in [3.05, 3.63) is 0 Å². The minimum atomic E-state index is 0.481. The predicted molar refractivity (Wildman–Crippen MR) is 59.3 cm³/mol. The lowest BCUT2D eigenvalue weighted by atomic mass is 10.0. The number of hydrogen-bond acceptors (Lipinski definition) is 3. The molecule has 82 valence electrons. The molecule has 0 amide bonds. The summed E-state index contributed by atoms with van der Waals surface area (Å²) in [7, 11) is 2.21. The maximum atomic E-state index is 6.09. The monoisotopic (exact) mass is 197 g/mol. The van der Waals surface area contributed by atoms with Gasteiger partial charge in [0.15, 0.2) is 0 Å². The van der Waals surface area contributed by atoms with Crippen LogP contribution in [-0.4, -0.2) is 55.6 Å². The van der Waals surface area contributed by atoms with Crippen molar-refractivity contribution in [1.29, 1.82) is 0 Å². The average Bonchev–Trinajstić information content (AvgIpc) is 2.56. The first-order valence-corrected chi connectivity index (χ1v) is 5.92. The molecule has 0 aromatic rings.